The van der Waals surface area contributed by atoms with Crippen LogP contribution in [0.25, 0.3) is 0 Å². The van der Waals surface area contributed by atoms with Gasteiger partial charge in [0.25, 0.3) is 12.1 Å². The average molecular weight is 236 g/mol. The van der Waals surface area contributed by atoms with Crippen molar-refractivity contribution in [2.24, 2.45) is 5.73 Å². The van der Waals surface area contributed by atoms with Gasteiger partial charge >= 0.3 is 0 Å². The van der Waals surface area contributed by atoms with Crippen LogP contribution in [-0.4, -0.2) is 16.5 Å². The highest BCUT2D eigenvalue weighted by Crippen LogP contribution is 2.32. The van der Waals surface area contributed by atoms with Gasteiger partial charge in [0, 0.05) is 11.6 Å². The van der Waals surface area contributed by atoms with Crippen molar-refractivity contribution in [3.63, 3.8) is 0 Å². The molecule has 0 fully saturated rings. The molecule has 5 nitrogen and oxygen atoms in total. The van der Waals surface area contributed by atoms with Crippen LogP contribution in [0.2, 0.25) is 0 Å². The summed E-state index contributed by atoms with van der Waals surface area (Å²) in [7, 11) is 0. The number of nitrogens with two attached hydrogens (primary N) is 1. The lowest BCUT2D eigenvalue weighted by molar-refractivity contribution is -0.385. The lowest BCUT2D eigenvalue weighted by Crippen LogP contribution is -2.19. The Morgan fingerprint density at radius 3 is 2.44 bits per heavy atom. The highest BCUT2D eigenvalue weighted by molar-refractivity contribution is 5.46. The van der Waals surface area contributed by atoms with Gasteiger partial charge in [-0.2, -0.15) is 0 Å². The number of nitro groups is 1. The van der Waals surface area contributed by atoms with Crippen LogP contribution in [-0.2, 0) is 0 Å². The first-order valence-corrected chi connectivity index (χ1v) is 4.05. The number of phenolic OH excluding ortho intramolecular Hbond substituents is 1. The Morgan fingerprint density at radius 2 is 2.00 bits per heavy atom. The topological polar surface area (TPSA) is 89.4 Å². The molecule has 0 aliphatic carbocycles. The van der Waals surface area contributed by atoms with Crippen molar-refractivity contribution >= 4 is 5.69 Å². The fourth-order valence-electron chi connectivity index (χ4n) is 1.10. The molecule has 0 bridgehead atoms. The number of rotatable bonds is 3. The zero-order valence-electron chi connectivity index (χ0n) is 7.73. The third kappa shape index (κ3) is 2.22. The molecule has 0 aliphatic heterocycles. The maximum absolute atomic E-state index is 13.0. The molecule has 0 spiro atoms. The molecule has 0 aliphatic rings. The summed E-state index contributed by atoms with van der Waals surface area (Å²) >= 11 is 0. The van der Waals surface area contributed by atoms with E-state index in [1.54, 1.807) is 0 Å². The van der Waals surface area contributed by atoms with Crippen LogP contribution in [0, 0.1) is 15.9 Å². The molecule has 3 N–H and O–H groups in total. The summed E-state index contributed by atoms with van der Waals surface area (Å²) < 4.78 is 37.4. The van der Waals surface area contributed by atoms with Crippen LogP contribution in [0.1, 0.15) is 11.6 Å². The van der Waals surface area contributed by atoms with Crippen LogP contribution in [0.15, 0.2) is 12.1 Å². The first-order chi connectivity index (χ1) is 7.34. The number of benzene rings is 1. The molecule has 0 saturated carbocycles. The second kappa shape index (κ2) is 4.35. The third-order valence-corrected chi connectivity index (χ3v) is 1.92. The highest BCUT2D eigenvalue weighted by atomic mass is 19.3. The molecule has 8 heteroatoms. The van der Waals surface area contributed by atoms with E-state index in [1.807, 2.05) is 0 Å². The van der Waals surface area contributed by atoms with Gasteiger partial charge in [0.15, 0.2) is 11.6 Å². The summed E-state index contributed by atoms with van der Waals surface area (Å²) in [6.45, 7) is 0. The van der Waals surface area contributed by atoms with E-state index in [9.17, 15) is 23.3 Å². The van der Waals surface area contributed by atoms with Gasteiger partial charge in [0.1, 0.15) is 0 Å². The van der Waals surface area contributed by atoms with Crippen LogP contribution in [0.3, 0.4) is 0 Å². The van der Waals surface area contributed by atoms with Crippen LogP contribution >= 0.6 is 0 Å². The van der Waals surface area contributed by atoms with Crippen molar-refractivity contribution < 1.29 is 23.2 Å². The molecule has 0 saturated heterocycles. The van der Waals surface area contributed by atoms with E-state index in [2.05, 4.69) is 0 Å². The summed E-state index contributed by atoms with van der Waals surface area (Å²) in [6.07, 6.45) is -3.06. The maximum Gasteiger partial charge on any atom is 0.272 e. The number of hydrogen-bond donors (Lipinski definition) is 2. The van der Waals surface area contributed by atoms with Crippen LogP contribution < -0.4 is 5.73 Å². The number of nitrogens with zero attached hydrogens (tertiary/aromatic N) is 1. The molecule has 1 aromatic rings. The Bertz CT molecular complexity index is 425. The third-order valence-electron chi connectivity index (χ3n) is 1.92. The zero-order valence-corrected chi connectivity index (χ0v) is 7.73. The first kappa shape index (κ1) is 12.2. The molecule has 1 atom stereocenters. The molecule has 88 valence electrons. The Hall–Kier alpha value is -1.83. The number of phenols is 1. The smallest absolute Gasteiger partial charge is 0.272 e. The molecule has 1 rings (SSSR count). The largest absolute Gasteiger partial charge is 0.505 e. The Morgan fingerprint density at radius 1 is 1.44 bits per heavy atom. The minimum Gasteiger partial charge on any atom is -0.505 e. The molecule has 0 unspecified atom stereocenters. The monoisotopic (exact) mass is 236 g/mol. The molecular weight excluding hydrogens is 229 g/mol. The molecule has 0 radical (unpaired) electrons. The number of aromatic hydroxyl groups is 1. The van der Waals surface area contributed by atoms with E-state index in [0.717, 1.165) is 0 Å². The minimum atomic E-state index is -3.06. The summed E-state index contributed by atoms with van der Waals surface area (Å²) in [6, 6.07) is -0.930. The number of nitro benzene ring substituents is 1. The van der Waals surface area contributed by atoms with Gasteiger partial charge in [-0.15, -0.1) is 0 Å². The van der Waals surface area contributed by atoms with Crippen molar-refractivity contribution in [1.82, 2.24) is 0 Å². The summed E-state index contributed by atoms with van der Waals surface area (Å²) in [5.74, 6) is -2.46. The second-order valence-electron chi connectivity index (χ2n) is 2.98. The van der Waals surface area contributed by atoms with Crippen LogP contribution in [0.5, 0.6) is 5.75 Å². The van der Waals surface area contributed by atoms with E-state index in [-0.39, 0.29) is 0 Å². The van der Waals surface area contributed by atoms with Crippen molar-refractivity contribution in [2.75, 3.05) is 0 Å². The lowest BCUT2D eigenvalue weighted by atomic mass is 10.1. The maximum atomic E-state index is 13.0. The van der Waals surface area contributed by atoms with Gasteiger partial charge in [-0.25, -0.2) is 13.2 Å². The Kier molecular flexibility index (Phi) is 3.33. The average Bonchev–Trinajstić information content (AvgIpc) is 2.20. The number of hydrogen-bond acceptors (Lipinski definition) is 4. The Balaban J connectivity index is 3.32. The number of alkyl halides is 2. The summed E-state index contributed by atoms with van der Waals surface area (Å²) in [5.41, 5.74) is 3.54. The van der Waals surface area contributed by atoms with E-state index in [4.69, 9.17) is 10.8 Å². The minimum absolute atomic E-state index is 0.428. The molecule has 0 amide bonds. The van der Waals surface area contributed by atoms with Crippen molar-refractivity contribution in [1.29, 1.82) is 0 Å². The van der Waals surface area contributed by atoms with Gasteiger partial charge in [0.2, 0.25) is 0 Å². The van der Waals surface area contributed by atoms with E-state index in [0.29, 0.717) is 12.1 Å². The molecule has 1 aromatic carbocycles. The van der Waals surface area contributed by atoms with E-state index in [1.165, 1.54) is 0 Å². The summed E-state index contributed by atoms with van der Waals surface area (Å²) in [5, 5.41) is 19.5. The molecule has 16 heavy (non-hydrogen) atoms. The summed E-state index contributed by atoms with van der Waals surface area (Å²) in [4.78, 5) is 9.37. The van der Waals surface area contributed by atoms with Gasteiger partial charge in [-0.05, 0) is 0 Å². The van der Waals surface area contributed by atoms with Gasteiger partial charge in [-0.1, -0.05) is 0 Å². The quantitative estimate of drug-likeness (QED) is 0.617. The standard InChI is InChI=1S/C8H7F3N2O3/c9-5-2-3(13(15)16)1-4(7(5)14)6(12)8(10)11/h1-2,6,8,14H,12H2/t6-/m1/s1. The van der Waals surface area contributed by atoms with Gasteiger partial charge < -0.3 is 10.8 Å². The molecule has 0 aromatic heterocycles. The fraction of sp³-hybridized carbons (Fsp3) is 0.250. The Labute approximate surface area is 87.4 Å². The van der Waals surface area contributed by atoms with Crippen molar-refractivity contribution in [3.8, 4) is 5.75 Å². The van der Waals surface area contributed by atoms with Crippen LogP contribution in [0.4, 0.5) is 18.9 Å². The lowest BCUT2D eigenvalue weighted by Gasteiger charge is -2.12. The van der Waals surface area contributed by atoms with Gasteiger partial charge in [-0.3, -0.25) is 10.1 Å². The van der Waals surface area contributed by atoms with Crippen molar-refractivity contribution in [2.45, 2.75) is 12.5 Å². The van der Waals surface area contributed by atoms with Crippen molar-refractivity contribution in [3.05, 3.63) is 33.6 Å². The SMILES string of the molecule is N[C@H](c1cc([N+](=O)[O-])cc(F)c1O)C(F)F. The van der Waals surface area contributed by atoms with E-state index < -0.39 is 40.2 Å². The second-order valence-corrected chi connectivity index (χ2v) is 2.98. The molecule has 0 heterocycles. The number of non-ortho nitro benzene ring substituents is 1. The van der Waals surface area contributed by atoms with Gasteiger partial charge in [0.05, 0.1) is 17.0 Å². The number of halogens is 3. The highest BCUT2D eigenvalue weighted by Gasteiger charge is 2.25. The van der Waals surface area contributed by atoms with E-state index >= 15 is 0 Å². The zero-order chi connectivity index (χ0) is 12.5. The normalized spacial score (nSPS) is 12.8. The predicted molar refractivity (Wildman–Crippen MR) is 47.7 cm³/mol. The predicted octanol–water partition coefficient (Wildman–Crippen LogP) is 1.70. The fourth-order valence-corrected chi connectivity index (χ4v) is 1.10. The first-order valence-electron chi connectivity index (χ1n) is 4.05. The molecular formula is C8H7F3N2O3.